The van der Waals surface area contributed by atoms with Gasteiger partial charge < -0.3 is 20.9 Å². The van der Waals surface area contributed by atoms with Crippen LogP contribution in [-0.4, -0.2) is 30.8 Å². The minimum Gasteiger partial charge on any atom is -0.497 e. The maximum absolute atomic E-state index is 11.2. The van der Waals surface area contributed by atoms with Gasteiger partial charge in [0.25, 0.3) is 5.91 Å². The molecule has 1 rings (SSSR count). The fourth-order valence-electron chi connectivity index (χ4n) is 1.01. The third kappa shape index (κ3) is 3.23. The zero-order chi connectivity index (χ0) is 11.3. The van der Waals surface area contributed by atoms with Gasteiger partial charge in [0.2, 0.25) is 0 Å². The molecule has 0 saturated carbocycles. The highest BCUT2D eigenvalue weighted by Crippen LogP contribution is 2.14. The van der Waals surface area contributed by atoms with E-state index in [0.29, 0.717) is 11.4 Å². The number of nitrogens with one attached hydrogen (secondary N) is 1. The number of methoxy groups -OCH3 is 1. The Morgan fingerprint density at radius 3 is 2.60 bits per heavy atom. The van der Waals surface area contributed by atoms with Crippen molar-refractivity contribution in [2.24, 2.45) is 5.73 Å². The van der Waals surface area contributed by atoms with Crippen LogP contribution in [-0.2, 0) is 4.79 Å². The molecule has 4 N–H and O–H groups in total. The number of anilines is 1. The number of hydrogen-bond acceptors (Lipinski definition) is 4. The van der Waals surface area contributed by atoms with E-state index in [-0.39, 0.29) is 6.54 Å². The number of aliphatic hydroxyl groups is 1. The van der Waals surface area contributed by atoms with E-state index < -0.39 is 12.0 Å². The van der Waals surface area contributed by atoms with Crippen LogP contribution in [0.15, 0.2) is 24.3 Å². The van der Waals surface area contributed by atoms with E-state index in [1.54, 1.807) is 31.4 Å². The van der Waals surface area contributed by atoms with Crippen molar-refractivity contribution in [3.05, 3.63) is 24.3 Å². The Morgan fingerprint density at radius 1 is 1.53 bits per heavy atom. The van der Waals surface area contributed by atoms with E-state index in [4.69, 9.17) is 15.6 Å². The van der Waals surface area contributed by atoms with Crippen molar-refractivity contribution >= 4 is 11.6 Å². The third-order valence-electron chi connectivity index (χ3n) is 1.88. The minimum atomic E-state index is -1.17. The van der Waals surface area contributed by atoms with Gasteiger partial charge in [0.15, 0.2) is 0 Å². The molecular weight excluding hydrogens is 196 g/mol. The third-order valence-corrected chi connectivity index (χ3v) is 1.88. The molecular formula is C10H14N2O3. The van der Waals surface area contributed by atoms with Gasteiger partial charge in [-0.3, -0.25) is 4.79 Å². The van der Waals surface area contributed by atoms with Crippen molar-refractivity contribution in [2.75, 3.05) is 19.0 Å². The lowest BCUT2D eigenvalue weighted by molar-refractivity contribution is -0.123. The van der Waals surface area contributed by atoms with Gasteiger partial charge in [0.05, 0.1) is 7.11 Å². The number of ether oxygens (including phenoxy) is 1. The summed E-state index contributed by atoms with van der Waals surface area (Å²) in [7, 11) is 1.56. The first-order chi connectivity index (χ1) is 7.17. The van der Waals surface area contributed by atoms with Crippen LogP contribution < -0.4 is 15.8 Å². The Bertz CT molecular complexity index is 324. The zero-order valence-electron chi connectivity index (χ0n) is 8.43. The monoisotopic (exact) mass is 210 g/mol. The number of hydrogen-bond donors (Lipinski definition) is 3. The number of carbonyl (C=O) groups excluding carboxylic acids is 1. The van der Waals surface area contributed by atoms with Gasteiger partial charge in [-0.05, 0) is 24.3 Å². The van der Waals surface area contributed by atoms with E-state index in [9.17, 15) is 4.79 Å². The Morgan fingerprint density at radius 2 is 2.13 bits per heavy atom. The molecule has 0 aromatic heterocycles. The predicted octanol–water partition coefficient (Wildman–Crippen LogP) is -0.0467. The first-order valence-electron chi connectivity index (χ1n) is 4.50. The first kappa shape index (κ1) is 11.5. The fourth-order valence-corrected chi connectivity index (χ4v) is 1.01. The van der Waals surface area contributed by atoms with Crippen molar-refractivity contribution < 1.29 is 14.6 Å². The molecule has 1 atom stereocenters. The lowest BCUT2D eigenvalue weighted by Gasteiger charge is -2.09. The Hall–Kier alpha value is -1.59. The number of amides is 1. The predicted molar refractivity (Wildman–Crippen MR) is 56.7 cm³/mol. The van der Waals surface area contributed by atoms with Gasteiger partial charge >= 0.3 is 0 Å². The van der Waals surface area contributed by atoms with Crippen molar-refractivity contribution in [1.29, 1.82) is 0 Å². The summed E-state index contributed by atoms with van der Waals surface area (Å²) in [5.74, 6) is 0.190. The Labute approximate surface area is 87.9 Å². The average molecular weight is 210 g/mol. The summed E-state index contributed by atoms with van der Waals surface area (Å²) in [6.07, 6.45) is -1.17. The topological polar surface area (TPSA) is 84.6 Å². The van der Waals surface area contributed by atoms with Crippen molar-refractivity contribution in [1.82, 2.24) is 0 Å². The zero-order valence-corrected chi connectivity index (χ0v) is 8.43. The normalized spacial score (nSPS) is 11.9. The standard InChI is InChI=1S/C10H14N2O3/c1-15-8-4-2-7(3-5-8)12-10(14)9(13)6-11/h2-5,9,13H,6,11H2,1H3,(H,12,14). The number of aliphatic hydroxyl groups excluding tert-OH is 1. The van der Waals surface area contributed by atoms with Gasteiger partial charge in [-0.2, -0.15) is 0 Å². The molecule has 5 nitrogen and oxygen atoms in total. The van der Waals surface area contributed by atoms with Crippen LogP contribution >= 0.6 is 0 Å². The Balaban J connectivity index is 2.61. The lowest BCUT2D eigenvalue weighted by atomic mass is 10.2. The second kappa shape index (κ2) is 5.33. The van der Waals surface area contributed by atoms with Crippen LogP contribution in [0.3, 0.4) is 0 Å². The largest absolute Gasteiger partial charge is 0.497 e. The molecule has 0 fully saturated rings. The highest BCUT2D eigenvalue weighted by Gasteiger charge is 2.12. The van der Waals surface area contributed by atoms with E-state index >= 15 is 0 Å². The quantitative estimate of drug-likeness (QED) is 0.650. The average Bonchev–Trinajstić information content (AvgIpc) is 2.29. The lowest BCUT2D eigenvalue weighted by Crippen LogP contribution is -2.34. The molecule has 1 unspecified atom stereocenters. The van der Waals surface area contributed by atoms with E-state index in [2.05, 4.69) is 5.32 Å². The number of benzene rings is 1. The van der Waals surface area contributed by atoms with Crippen LogP contribution in [0, 0.1) is 0 Å². The molecule has 0 saturated heterocycles. The highest BCUT2D eigenvalue weighted by atomic mass is 16.5. The smallest absolute Gasteiger partial charge is 0.254 e. The number of rotatable bonds is 4. The number of nitrogens with two attached hydrogens (primary N) is 1. The second-order valence-electron chi connectivity index (χ2n) is 2.97. The van der Waals surface area contributed by atoms with Gasteiger partial charge in [-0.15, -0.1) is 0 Å². The van der Waals surface area contributed by atoms with E-state index in [1.165, 1.54) is 0 Å². The molecule has 0 bridgehead atoms. The summed E-state index contributed by atoms with van der Waals surface area (Å²) < 4.78 is 4.96. The molecule has 0 radical (unpaired) electrons. The molecule has 5 heteroatoms. The van der Waals surface area contributed by atoms with Gasteiger partial charge in [0.1, 0.15) is 11.9 Å². The van der Waals surface area contributed by atoms with Crippen molar-refractivity contribution in [3.63, 3.8) is 0 Å². The van der Waals surface area contributed by atoms with Crippen LogP contribution in [0.2, 0.25) is 0 Å². The summed E-state index contributed by atoms with van der Waals surface area (Å²) in [6.45, 7) is -0.0952. The summed E-state index contributed by atoms with van der Waals surface area (Å²) in [6, 6.07) is 6.79. The molecule has 0 spiro atoms. The minimum absolute atomic E-state index is 0.0952. The summed E-state index contributed by atoms with van der Waals surface area (Å²) in [5.41, 5.74) is 5.73. The maximum atomic E-state index is 11.2. The first-order valence-corrected chi connectivity index (χ1v) is 4.50. The summed E-state index contributed by atoms with van der Waals surface area (Å²) >= 11 is 0. The van der Waals surface area contributed by atoms with Gasteiger partial charge in [-0.25, -0.2) is 0 Å². The summed E-state index contributed by atoms with van der Waals surface area (Å²) in [5, 5.41) is 11.6. The molecule has 0 heterocycles. The SMILES string of the molecule is COc1ccc(NC(=O)C(O)CN)cc1. The fraction of sp³-hybridized carbons (Fsp3) is 0.300. The molecule has 1 aromatic rings. The van der Waals surface area contributed by atoms with Crippen molar-refractivity contribution in [2.45, 2.75) is 6.10 Å². The van der Waals surface area contributed by atoms with Crippen molar-refractivity contribution in [3.8, 4) is 5.75 Å². The molecule has 0 aliphatic heterocycles. The van der Waals surface area contributed by atoms with Crippen LogP contribution in [0.1, 0.15) is 0 Å². The maximum Gasteiger partial charge on any atom is 0.254 e. The molecule has 82 valence electrons. The molecule has 1 amide bonds. The van der Waals surface area contributed by atoms with Gasteiger partial charge in [0, 0.05) is 12.2 Å². The van der Waals surface area contributed by atoms with Crippen LogP contribution in [0.25, 0.3) is 0 Å². The van der Waals surface area contributed by atoms with Gasteiger partial charge in [-0.1, -0.05) is 0 Å². The summed E-state index contributed by atoms with van der Waals surface area (Å²) in [4.78, 5) is 11.2. The van der Waals surface area contributed by atoms with E-state index in [0.717, 1.165) is 0 Å². The second-order valence-corrected chi connectivity index (χ2v) is 2.97. The van der Waals surface area contributed by atoms with Crippen LogP contribution in [0.5, 0.6) is 5.75 Å². The highest BCUT2D eigenvalue weighted by molar-refractivity contribution is 5.94. The van der Waals surface area contributed by atoms with Crippen LogP contribution in [0.4, 0.5) is 5.69 Å². The molecule has 0 aliphatic carbocycles. The number of carbonyl (C=O) groups is 1. The molecule has 0 aliphatic rings. The molecule has 1 aromatic carbocycles. The Kier molecular flexibility index (Phi) is 4.08. The molecule has 15 heavy (non-hydrogen) atoms. The van der Waals surface area contributed by atoms with E-state index in [1.807, 2.05) is 0 Å².